The SMILES string of the molecule is NCCNC[C@H](O)C(F)(F)F. The van der Waals surface area contributed by atoms with E-state index in [0.29, 0.717) is 0 Å². The average molecular weight is 172 g/mol. The first kappa shape index (κ1) is 10.7. The van der Waals surface area contributed by atoms with Gasteiger partial charge in [-0.1, -0.05) is 0 Å². The van der Waals surface area contributed by atoms with Crippen LogP contribution in [0.25, 0.3) is 0 Å². The first-order valence-electron chi connectivity index (χ1n) is 3.14. The molecule has 0 aliphatic rings. The smallest absolute Gasteiger partial charge is 0.382 e. The molecule has 6 heteroatoms. The van der Waals surface area contributed by atoms with Crippen molar-refractivity contribution < 1.29 is 18.3 Å². The van der Waals surface area contributed by atoms with Crippen LogP contribution >= 0.6 is 0 Å². The van der Waals surface area contributed by atoms with Crippen LogP contribution in [-0.2, 0) is 0 Å². The van der Waals surface area contributed by atoms with Crippen LogP contribution in [0.5, 0.6) is 0 Å². The molecule has 1 atom stereocenters. The van der Waals surface area contributed by atoms with Crippen molar-refractivity contribution in [2.45, 2.75) is 12.3 Å². The van der Waals surface area contributed by atoms with Crippen molar-refractivity contribution in [3.05, 3.63) is 0 Å². The highest BCUT2D eigenvalue weighted by Gasteiger charge is 2.37. The highest BCUT2D eigenvalue weighted by Crippen LogP contribution is 2.18. The highest BCUT2D eigenvalue weighted by atomic mass is 19.4. The van der Waals surface area contributed by atoms with E-state index in [1.165, 1.54) is 0 Å². The molecule has 0 aromatic carbocycles. The maximum absolute atomic E-state index is 11.6. The minimum Gasteiger partial charge on any atom is -0.382 e. The maximum atomic E-state index is 11.6. The quantitative estimate of drug-likeness (QED) is 0.499. The van der Waals surface area contributed by atoms with E-state index in [2.05, 4.69) is 5.32 Å². The van der Waals surface area contributed by atoms with Crippen LogP contribution in [0.3, 0.4) is 0 Å². The van der Waals surface area contributed by atoms with Crippen LogP contribution in [0.2, 0.25) is 0 Å². The van der Waals surface area contributed by atoms with Gasteiger partial charge in [-0.3, -0.25) is 0 Å². The lowest BCUT2D eigenvalue weighted by Gasteiger charge is -2.14. The van der Waals surface area contributed by atoms with Crippen molar-refractivity contribution in [2.24, 2.45) is 5.73 Å². The van der Waals surface area contributed by atoms with Crippen molar-refractivity contribution in [1.82, 2.24) is 5.32 Å². The number of hydrogen-bond donors (Lipinski definition) is 3. The Morgan fingerprint density at radius 2 is 2.00 bits per heavy atom. The van der Waals surface area contributed by atoms with Crippen LogP contribution in [-0.4, -0.2) is 37.0 Å². The van der Waals surface area contributed by atoms with Gasteiger partial charge in [0.25, 0.3) is 0 Å². The molecular formula is C5H11F3N2O. The van der Waals surface area contributed by atoms with Crippen LogP contribution in [0, 0.1) is 0 Å². The van der Waals surface area contributed by atoms with Crippen LogP contribution < -0.4 is 11.1 Å². The topological polar surface area (TPSA) is 58.3 Å². The van der Waals surface area contributed by atoms with Gasteiger partial charge in [-0.25, -0.2) is 0 Å². The van der Waals surface area contributed by atoms with Gasteiger partial charge >= 0.3 is 6.18 Å². The Bertz CT molecular complexity index is 106. The Kier molecular flexibility index (Phi) is 4.39. The van der Waals surface area contributed by atoms with E-state index in [0.717, 1.165) is 0 Å². The lowest BCUT2D eigenvalue weighted by Crippen LogP contribution is -2.39. The monoisotopic (exact) mass is 172 g/mol. The van der Waals surface area contributed by atoms with Crippen molar-refractivity contribution >= 4 is 0 Å². The Morgan fingerprint density at radius 1 is 1.45 bits per heavy atom. The molecule has 0 amide bonds. The zero-order valence-corrected chi connectivity index (χ0v) is 5.86. The van der Waals surface area contributed by atoms with Gasteiger partial charge in [0.05, 0.1) is 0 Å². The third-order valence-corrected chi connectivity index (χ3v) is 1.04. The predicted octanol–water partition coefficient (Wildman–Crippen LogP) is -0.542. The van der Waals surface area contributed by atoms with Gasteiger partial charge in [0.2, 0.25) is 0 Å². The molecule has 3 nitrogen and oxygen atoms in total. The van der Waals surface area contributed by atoms with Gasteiger partial charge in [0.1, 0.15) is 0 Å². The molecule has 0 aliphatic heterocycles. The molecule has 0 unspecified atom stereocenters. The molecule has 0 heterocycles. The van der Waals surface area contributed by atoms with Crippen molar-refractivity contribution in [1.29, 1.82) is 0 Å². The number of aliphatic hydroxyl groups excluding tert-OH is 1. The number of rotatable bonds is 4. The van der Waals surface area contributed by atoms with E-state index in [9.17, 15) is 13.2 Å². The number of nitrogens with one attached hydrogen (secondary N) is 1. The molecule has 0 bridgehead atoms. The molecule has 0 fully saturated rings. The van der Waals surface area contributed by atoms with Gasteiger partial charge in [-0.2, -0.15) is 13.2 Å². The number of halogens is 3. The Morgan fingerprint density at radius 3 is 2.36 bits per heavy atom. The summed E-state index contributed by atoms with van der Waals surface area (Å²) in [5, 5.41) is 10.7. The summed E-state index contributed by atoms with van der Waals surface area (Å²) in [5.41, 5.74) is 5.00. The standard InChI is InChI=1S/C5H11F3N2O/c6-5(7,8)4(11)3-10-2-1-9/h4,10-11H,1-3,9H2/t4-/m0/s1. The Balaban J connectivity index is 3.44. The van der Waals surface area contributed by atoms with E-state index in [4.69, 9.17) is 10.8 Å². The zero-order valence-electron chi connectivity index (χ0n) is 5.86. The first-order chi connectivity index (χ1) is 4.98. The summed E-state index contributed by atoms with van der Waals surface area (Å²) in [4.78, 5) is 0. The number of alkyl halides is 3. The second kappa shape index (κ2) is 4.53. The molecule has 4 N–H and O–H groups in total. The van der Waals surface area contributed by atoms with Gasteiger partial charge in [0, 0.05) is 19.6 Å². The largest absolute Gasteiger partial charge is 0.415 e. The molecule has 68 valence electrons. The summed E-state index contributed by atoms with van der Waals surface area (Å²) in [6.45, 7) is 0.0262. The molecular weight excluding hydrogens is 161 g/mol. The molecule has 0 saturated heterocycles. The predicted molar refractivity (Wildman–Crippen MR) is 34.0 cm³/mol. The molecule has 0 aromatic rings. The molecule has 0 spiro atoms. The van der Waals surface area contributed by atoms with Gasteiger partial charge in [-0.15, -0.1) is 0 Å². The summed E-state index contributed by atoms with van der Waals surface area (Å²) in [7, 11) is 0. The lowest BCUT2D eigenvalue weighted by molar-refractivity contribution is -0.201. The summed E-state index contributed by atoms with van der Waals surface area (Å²) in [6.07, 6.45) is -6.84. The molecule has 0 aromatic heterocycles. The molecule has 0 aliphatic carbocycles. The minimum absolute atomic E-state index is 0.255. The van der Waals surface area contributed by atoms with Crippen molar-refractivity contribution in [2.75, 3.05) is 19.6 Å². The molecule has 0 rings (SSSR count). The number of nitrogens with two attached hydrogens (primary N) is 1. The van der Waals surface area contributed by atoms with Gasteiger partial charge < -0.3 is 16.2 Å². The summed E-state index contributed by atoms with van der Waals surface area (Å²) in [6, 6.07) is 0. The lowest BCUT2D eigenvalue weighted by atomic mass is 10.3. The molecule has 11 heavy (non-hydrogen) atoms. The van der Waals surface area contributed by atoms with Gasteiger partial charge in [0.15, 0.2) is 6.10 Å². The third-order valence-electron chi connectivity index (χ3n) is 1.04. The maximum Gasteiger partial charge on any atom is 0.415 e. The molecule has 0 saturated carbocycles. The Labute approximate surface area is 62.4 Å². The normalized spacial score (nSPS) is 15.0. The van der Waals surface area contributed by atoms with Crippen LogP contribution in [0.1, 0.15) is 0 Å². The highest BCUT2D eigenvalue weighted by molar-refractivity contribution is 4.67. The summed E-state index contributed by atoms with van der Waals surface area (Å²) < 4.78 is 34.7. The van der Waals surface area contributed by atoms with E-state index in [1.54, 1.807) is 0 Å². The van der Waals surface area contributed by atoms with E-state index in [-0.39, 0.29) is 13.1 Å². The zero-order chi connectivity index (χ0) is 8.91. The first-order valence-corrected chi connectivity index (χ1v) is 3.14. The van der Waals surface area contributed by atoms with Crippen LogP contribution in [0.4, 0.5) is 13.2 Å². The average Bonchev–Trinajstić information content (AvgIpc) is 1.86. The fraction of sp³-hybridized carbons (Fsp3) is 1.00. The van der Waals surface area contributed by atoms with Gasteiger partial charge in [-0.05, 0) is 0 Å². The fourth-order valence-electron chi connectivity index (χ4n) is 0.457. The Hall–Kier alpha value is -0.330. The van der Waals surface area contributed by atoms with Crippen LogP contribution in [0.15, 0.2) is 0 Å². The second-order valence-electron chi connectivity index (χ2n) is 2.05. The van der Waals surface area contributed by atoms with Crippen molar-refractivity contribution in [3.63, 3.8) is 0 Å². The second-order valence-corrected chi connectivity index (χ2v) is 2.05. The van der Waals surface area contributed by atoms with E-state index in [1.807, 2.05) is 0 Å². The van der Waals surface area contributed by atoms with E-state index < -0.39 is 18.8 Å². The fourth-order valence-corrected chi connectivity index (χ4v) is 0.457. The number of aliphatic hydroxyl groups is 1. The number of hydrogen-bond acceptors (Lipinski definition) is 3. The summed E-state index contributed by atoms with van der Waals surface area (Å²) >= 11 is 0. The minimum atomic E-state index is -4.54. The summed E-state index contributed by atoms with van der Waals surface area (Å²) in [5.74, 6) is 0. The molecule has 0 radical (unpaired) electrons. The van der Waals surface area contributed by atoms with Crippen molar-refractivity contribution in [3.8, 4) is 0 Å². The third kappa shape index (κ3) is 5.00. The van der Waals surface area contributed by atoms with E-state index >= 15 is 0 Å².